The first-order valence-electron chi connectivity index (χ1n) is 6.85. The molecule has 2 fully saturated rings. The SMILES string of the molecule is CC(NC(=O)c1ccco1)C(=O)N1CC(O)(C2CC2)C1. The Morgan fingerprint density at radius 3 is 2.75 bits per heavy atom. The molecule has 2 N–H and O–H groups in total. The normalized spacial score (nSPS) is 22.0. The van der Waals surface area contributed by atoms with Gasteiger partial charge in [0.1, 0.15) is 11.6 Å². The van der Waals surface area contributed by atoms with Gasteiger partial charge in [0.2, 0.25) is 5.91 Å². The zero-order chi connectivity index (χ0) is 14.3. The molecule has 0 aromatic carbocycles. The molecule has 0 bridgehead atoms. The van der Waals surface area contributed by atoms with E-state index in [0.29, 0.717) is 19.0 Å². The molecular weight excluding hydrogens is 260 g/mol. The van der Waals surface area contributed by atoms with E-state index < -0.39 is 17.6 Å². The summed E-state index contributed by atoms with van der Waals surface area (Å²) >= 11 is 0. The third kappa shape index (κ3) is 2.31. The molecule has 2 amide bonds. The van der Waals surface area contributed by atoms with Crippen molar-refractivity contribution in [3.63, 3.8) is 0 Å². The average Bonchev–Trinajstić information content (AvgIpc) is 3.09. The van der Waals surface area contributed by atoms with Crippen LogP contribution in [-0.2, 0) is 4.79 Å². The summed E-state index contributed by atoms with van der Waals surface area (Å²) in [6, 6.07) is 2.53. The smallest absolute Gasteiger partial charge is 0.287 e. The second-order valence-corrected chi connectivity index (χ2v) is 5.74. The number of hydrogen-bond donors (Lipinski definition) is 2. The second kappa shape index (κ2) is 4.63. The van der Waals surface area contributed by atoms with Crippen LogP contribution >= 0.6 is 0 Å². The van der Waals surface area contributed by atoms with Crippen molar-refractivity contribution in [2.75, 3.05) is 13.1 Å². The highest BCUT2D eigenvalue weighted by Gasteiger charge is 2.53. The van der Waals surface area contributed by atoms with Crippen molar-refractivity contribution in [2.24, 2.45) is 5.92 Å². The number of likely N-dealkylation sites (tertiary alicyclic amines) is 1. The van der Waals surface area contributed by atoms with Gasteiger partial charge in [-0.05, 0) is 37.8 Å². The van der Waals surface area contributed by atoms with Crippen LogP contribution < -0.4 is 5.32 Å². The van der Waals surface area contributed by atoms with Crippen LogP contribution in [0.2, 0.25) is 0 Å². The van der Waals surface area contributed by atoms with Crippen molar-refractivity contribution in [3.8, 4) is 0 Å². The summed E-state index contributed by atoms with van der Waals surface area (Å²) in [5, 5.41) is 12.8. The lowest BCUT2D eigenvalue weighted by Crippen LogP contribution is -2.67. The summed E-state index contributed by atoms with van der Waals surface area (Å²) in [5.74, 6) is -0.0497. The highest BCUT2D eigenvalue weighted by molar-refractivity contribution is 5.95. The van der Waals surface area contributed by atoms with Gasteiger partial charge < -0.3 is 19.7 Å². The van der Waals surface area contributed by atoms with Crippen LogP contribution in [0.15, 0.2) is 22.8 Å². The number of hydrogen-bond acceptors (Lipinski definition) is 4. The maximum Gasteiger partial charge on any atom is 0.287 e. The van der Waals surface area contributed by atoms with Gasteiger partial charge in [0, 0.05) is 0 Å². The van der Waals surface area contributed by atoms with Gasteiger partial charge in [0.15, 0.2) is 5.76 Å². The minimum Gasteiger partial charge on any atom is -0.459 e. The van der Waals surface area contributed by atoms with E-state index in [1.807, 2.05) is 0 Å². The first kappa shape index (κ1) is 13.2. The van der Waals surface area contributed by atoms with E-state index in [0.717, 1.165) is 12.8 Å². The lowest BCUT2D eigenvalue weighted by molar-refractivity contribution is -0.160. The summed E-state index contributed by atoms with van der Waals surface area (Å²) in [6.07, 6.45) is 3.50. The van der Waals surface area contributed by atoms with Crippen molar-refractivity contribution >= 4 is 11.8 Å². The third-order valence-electron chi connectivity index (χ3n) is 4.04. The Bertz CT molecular complexity index is 515. The molecule has 1 aliphatic carbocycles. The van der Waals surface area contributed by atoms with Crippen LogP contribution in [0.5, 0.6) is 0 Å². The largest absolute Gasteiger partial charge is 0.459 e. The highest BCUT2D eigenvalue weighted by atomic mass is 16.3. The minimum absolute atomic E-state index is 0.171. The molecule has 0 spiro atoms. The maximum absolute atomic E-state index is 12.1. The molecule has 1 saturated heterocycles. The Kier molecular flexibility index (Phi) is 3.05. The molecule has 1 saturated carbocycles. The number of amides is 2. The zero-order valence-electron chi connectivity index (χ0n) is 11.3. The molecule has 1 aromatic rings. The van der Waals surface area contributed by atoms with Crippen LogP contribution in [0.4, 0.5) is 0 Å². The molecule has 6 heteroatoms. The Balaban J connectivity index is 1.51. The number of aliphatic hydroxyl groups is 1. The van der Waals surface area contributed by atoms with E-state index in [1.165, 1.54) is 6.26 Å². The molecular formula is C14H18N2O4. The van der Waals surface area contributed by atoms with Gasteiger partial charge in [0.05, 0.1) is 19.4 Å². The standard InChI is InChI=1S/C14H18N2O4/c1-9(15-12(17)11-3-2-6-20-11)13(18)16-7-14(19,8-16)10-4-5-10/h2-3,6,9-10,19H,4-5,7-8H2,1H3,(H,15,17). The summed E-state index contributed by atoms with van der Waals surface area (Å²) in [7, 11) is 0. The predicted molar refractivity (Wildman–Crippen MR) is 69.9 cm³/mol. The molecule has 1 aliphatic heterocycles. The molecule has 1 atom stereocenters. The Labute approximate surface area is 116 Å². The van der Waals surface area contributed by atoms with Crippen LogP contribution in [-0.4, -0.2) is 46.6 Å². The van der Waals surface area contributed by atoms with Crippen LogP contribution in [0, 0.1) is 5.92 Å². The molecule has 20 heavy (non-hydrogen) atoms. The van der Waals surface area contributed by atoms with Gasteiger partial charge >= 0.3 is 0 Å². The van der Waals surface area contributed by atoms with Gasteiger partial charge in [-0.25, -0.2) is 0 Å². The molecule has 108 valence electrons. The molecule has 2 aliphatic rings. The van der Waals surface area contributed by atoms with Gasteiger partial charge in [-0.15, -0.1) is 0 Å². The number of nitrogens with one attached hydrogen (secondary N) is 1. The first-order chi connectivity index (χ1) is 9.49. The van der Waals surface area contributed by atoms with Crippen molar-refractivity contribution in [3.05, 3.63) is 24.2 Å². The van der Waals surface area contributed by atoms with Crippen molar-refractivity contribution in [1.82, 2.24) is 10.2 Å². The molecule has 2 heterocycles. The monoisotopic (exact) mass is 278 g/mol. The lowest BCUT2D eigenvalue weighted by Gasteiger charge is -2.47. The molecule has 0 radical (unpaired) electrons. The van der Waals surface area contributed by atoms with E-state index in [-0.39, 0.29) is 11.7 Å². The number of furan rings is 1. The number of carbonyl (C=O) groups is 2. The van der Waals surface area contributed by atoms with E-state index in [9.17, 15) is 14.7 Å². The minimum atomic E-state index is -0.694. The van der Waals surface area contributed by atoms with Crippen molar-refractivity contribution in [1.29, 1.82) is 0 Å². The quantitative estimate of drug-likeness (QED) is 0.834. The first-order valence-corrected chi connectivity index (χ1v) is 6.85. The number of nitrogens with zero attached hydrogens (tertiary/aromatic N) is 1. The predicted octanol–water partition coefficient (Wildman–Crippen LogP) is 0.381. The Hall–Kier alpha value is -1.82. The Morgan fingerprint density at radius 1 is 1.50 bits per heavy atom. The lowest BCUT2D eigenvalue weighted by atomic mass is 9.88. The van der Waals surface area contributed by atoms with Crippen LogP contribution in [0.25, 0.3) is 0 Å². The van der Waals surface area contributed by atoms with Crippen LogP contribution in [0.3, 0.4) is 0 Å². The Morgan fingerprint density at radius 2 is 2.20 bits per heavy atom. The summed E-state index contributed by atoms with van der Waals surface area (Å²) < 4.78 is 4.97. The highest BCUT2D eigenvalue weighted by Crippen LogP contribution is 2.44. The average molecular weight is 278 g/mol. The zero-order valence-corrected chi connectivity index (χ0v) is 11.3. The molecule has 1 aromatic heterocycles. The number of β-amino-alcohol motifs (C(OH)–C–C–N with tert-alkyl or cyclic N) is 1. The maximum atomic E-state index is 12.1. The summed E-state index contributed by atoms with van der Waals surface area (Å²) in [6.45, 7) is 2.38. The van der Waals surface area contributed by atoms with E-state index >= 15 is 0 Å². The molecule has 3 rings (SSSR count). The van der Waals surface area contributed by atoms with Gasteiger partial charge in [0.25, 0.3) is 5.91 Å². The number of carbonyl (C=O) groups excluding carboxylic acids is 2. The van der Waals surface area contributed by atoms with Crippen LogP contribution in [0.1, 0.15) is 30.3 Å². The fourth-order valence-electron chi connectivity index (χ4n) is 2.66. The third-order valence-corrected chi connectivity index (χ3v) is 4.04. The van der Waals surface area contributed by atoms with E-state index in [4.69, 9.17) is 4.42 Å². The molecule has 1 unspecified atom stereocenters. The van der Waals surface area contributed by atoms with Gasteiger partial charge in [-0.1, -0.05) is 0 Å². The fraction of sp³-hybridized carbons (Fsp3) is 0.571. The summed E-state index contributed by atoms with van der Waals surface area (Å²) in [4.78, 5) is 25.5. The molecule has 6 nitrogen and oxygen atoms in total. The van der Waals surface area contributed by atoms with E-state index in [1.54, 1.807) is 24.0 Å². The van der Waals surface area contributed by atoms with E-state index in [2.05, 4.69) is 5.32 Å². The van der Waals surface area contributed by atoms with Crippen molar-refractivity contribution in [2.45, 2.75) is 31.4 Å². The van der Waals surface area contributed by atoms with Gasteiger partial charge in [-0.3, -0.25) is 9.59 Å². The topological polar surface area (TPSA) is 82.8 Å². The number of rotatable bonds is 4. The fourth-order valence-corrected chi connectivity index (χ4v) is 2.66. The van der Waals surface area contributed by atoms with Gasteiger partial charge in [-0.2, -0.15) is 0 Å². The van der Waals surface area contributed by atoms with Crippen molar-refractivity contribution < 1.29 is 19.1 Å². The summed E-state index contributed by atoms with van der Waals surface area (Å²) in [5.41, 5.74) is -0.694. The second-order valence-electron chi connectivity index (χ2n) is 5.74.